The van der Waals surface area contributed by atoms with E-state index in [4.69, 9.17) is 9.84 Å². The van der Waals surface area contributed by atoms with Crippen LogP contribution in [-0.4, -0.2) is 59.8 Å². The normalized spacial score (nSPS) is 30.4. The van der Waals surface area contributed by atoms with Crippen molar-refractivity contribution >= 4 is 17.8 Å². The molecule has 1 N–H and O–H groups in total. The standard InChI is InChI=1S/C12H17NO6/c1-18-12(17)7-3-2-6-13(7)10(14)8-4-5-9(19-8)11(15)16/h7-9H,2-6H2,1H3,(H,15,16)/t7?,8-,9+/m0/s1. The van der Waals surface area contributed by atoms with Crippen molar-refractivity contribution in [2.75, 3.05) is 13.7 Å². The number of amides is 1. The maximum atomic E-state index is 12.2. The number of hydrogen-bond acceptors (Lipinski definition) is 5. The number of esters is 1. The van der Waals surface area contributed by atoms with Gasteiger partial charge in [-0.25, -0.2) is 9.59 Å². The zero-order valence-electron chi connectivity index (χ0n) is 10.7. The molecule has 7 heteroatoms. The van der Waals surface area contributed by atoms with E-state index in [1.165, 1.54) is 12.0 Å². The number of aliphatic carboxylic acids is 1. The summed E-state index contributed by atoms with van der Waals surface area (Å²) >= 11 is 0. The Bertz CT molecular complexity index is 396. The lowest BCUT2D eigenvalue weighted by Crippen LogP contribution is -2.46. The van der Waals surface area contributed by atoms with E-state index in [9.17, 15) is 14.4 Å². The second-order valence-corrected chi connectivity index (χ2v) is 4.74. The van der Waals surface area contributed by atoms with Gasteiger partial charge in [-0.05, 0) is 25.7 Å². The number of likely N-dealkylation sites (tertiary alicyclic amines) is 1. The fourth-order valence-corrected chi connectivity index (χ4v) is 2.60. The Morgan fingerprint density at radius 2 is 1.89 bits per heavy atom. The van der Waals surface area contributed by atoms with E-state index in [-0.39, 0.29) is 5.91 Å². The molecule has 2 aliphatic rings. The molecule has 106 valence electrons. The summed E-state index contributed by atoms with van der Waals surface area (Å²) in [5.74, 6) is -1.79. The van der Waals surface area contributed by atoms with Crippen LogP contribution in [0.4, 0.5) is 0 Å². The summed E-state index contributed by atoms with van der Waals surface area (Å²) in [6, 6.07) is -0.565. The summed E-state index contributed by atoms with van der Waals surface area (Å²) < 4.78 is 9.88. The van der Waals surface area contributed by atoms with Crippen LogP contribution in [0.25, 0.3) is 0 Å². The van der Waals surface area contributed by atoms with Crippen LogP contribution in [0.15, 0.2) is 0 Å². The highest BCUT2D eigenvalue weighted by Gasteiger charge is 2.42. The number of methoxy groups -OCH3 is 1. The van der Waals surface area contributed by atoms with Gasteiger partial charge in [0.2, 0.25) is 0 Å². The molecule has 1 amide bonds. The van der Waals surface area contributed by atoms with E-state index in [1.807, 2.05) is 0 Å². The van der Waals surface area contributed by atoms with Gasteiger partial charge in [0.1, 0.15) is 12.1 Å². The minimum absolute atomic E-state index is 0.309. The first-order chi connectivity index (χ1) is 9.04. The van der Waals surface area contributed by atoms with Crippen molar-refractivity contribution < 1.29 is 29.0 Å². The van der Waals surface area contributed by atoms with Crippen molar-refractivity contribution in [3.05, 3.63) is 0 Å². The Labute approximate surface area is 110 Å². The Balaban J connectivity index is 2.00. The van der Waals surface area contributed by atoms with Gasteiger partial charge in [-0.1, -0.05) is 0 Å². The van der Waals surface area contributed by atoms with E-state index in [0.717, 1.165) is 6.42 Å². The SMILES string of the molecule is COC(=O)C1CCCN1C(=O)[C@@H]1CC[C@H](C(=O)O)O1. The lowest BCUT2D eigenvalue weighted by molar-refractivity contribution is -0.159. The number of nitrogens with zero attached hydrogens (tertiary/aromatic N) is 1. The first kappa shape index (κ1) is 13.8. The quantitative estimate of drug-likeness (QED) is 0.713. The van der Waals surface area contributed by atoms with Crippen molar-refractivity contribution in [2.45, 2.75) is 43.9 Å². The summed E-state index contributed by atoms with van der Waals surface area (Å²) in [5.41, 5.74) is 0. The Morgan fingerprint density at radius 1 is 1.21 bits per heavy atom. The minimum atomic E-state index is -1.05. The fraction of sp³-hybridized carbons (Fsp3) is 0.750. The fourth-order valence-electron chi connectivity index (χ4n) is 2.60. The third-order valence-corrected chi connectivity index (χ3v) is 3.58. The molecule has 0 bridgehead atoms. The molecule has 0 spiro atoms. The molecule has 19 heavy (non-hydrogen) atoms. The lowest BCUT2D eigenvalue weighted by Gasteiger charge is -2.25. The molecule has 0 aromatic heterocycles. The number of carbonyl (C=O) groups is 3. The number of hydrogen-bond donors (Lipinski definition) is 1. The van der Waals surface area contributed by atoms with Crippen LogP contribution in [0, 0.1) is 0 Å². The average molecular weight is 271 g/mol. The van der Waals surface area contributed by atoms with Crippen LogP contribution >= 0.6 is 0 Å². The molecule has 0 aliphatic carbocycles. The predicted molar refractivity (Wildman–Crippen MR) is 62.3 cm³/mol. The molecular weight excluding hydrogens is 254 g/mol. The molecule has 2 aliphatic heterocycles. The molecular formula is C12H17NO6. The summed E-state index contributed by atoms with van der Waals surface area (Å²) in [5, 5.41) is 8.83. The van der Waals surface area contributed by atoms with Crippen LogP contribution in [0.2, 0.25) is 0 Å². The highest BCUT2D eigenvalue weighted by molar-refractivity contribution is 5.88. The highest BCUT2D eigenvalue weighted by atomic mass is 16.5. The van der Waals surface area contributed by atoms with Crippen molar-refractivity contribution in [3.63, 3.8) is 0 Å². The molecule has 2 saturated heterocycles. The second kappa shape index (κ2) is 5.56. The maximum Gasteiger partial charge on any atom is 0.332 e. The number of carboxylic acids is 1. The van der Waals surface area contributed by atoms with E-state index < -0.39 is 30.2 Å². The van der Waals surface area contributed by atoms with E-state index >= 15 is 0 Å². The first-order valence-corrected chi connectivity index (χ1v) is 6.31. The number of carboxylic acid groups (broad SMARTS) is 1. The third kappa shape index (κ3) is 2.70. The van der Waals surface area contributed by atoms with Crippen molar-refractivity contribution in [1.82, 2.24) is 4.90 Å². The third-order valence-electron chi connectivity index (χ3n) is 3.58. The summed E-state index contributed by atoms with van der Waals surface area (Å²) in [6.45, 7) is 0.482. The summed E-state index contributed by atoms with van der Waals surface area (Å²) in [6.07, 6.45) is 0.330. The lowest BCUT2D eigenvalue weighted by atomic mass is 10.1. The Hall–Kier alpha value is -1.63. The monoisotopic (exact) mass is 271 g/mol. The molecule has 0 aromatic rings. The van der Waals surface area contributed by atoms with Gasteiger partial charge >= 0.3 is 11.9 Å². The molecule has 1 unspecified atom stereocenters. The smallest absolute Gasteiger partial charge is 0.332 e. The molecule has 2 fully saturated rings. The summed E-state index contributed by atoms with van der Waals surface area (Å²) in [7, 11) is 1.29. The van der Waals surface area contributed by atoms with Crippen LogP contribution in [0.5, 0.6) is 0 Å². The number of carbonyl (C=O) groups excluding carboxylic acids is 2. The van der Waals surface area contributed by atoms with Crippen LogP contribution in [-0.2, 0) is 23.9 Å². The van der Waals surface area contributed by atoms with Gasteiger partial charge in [0.05, 0.1) is 7.11 Å². The van der Waals surface area contributed by atoms with Gasteiger partial charge in [0.25, 0.3) is 5.91 Å². The first-order valence-electron chi connectivity index (χ1n) is 6.31. The van der Waals surface area contributed by atoms with Gasteiger partial charge in [0, 0.05) is 6.54 Å². The number of ether oxygens (including phenoxy) is 2. The zero-order valence-corrected chi connectivity index (χ0v) is 10.7. The van der Waals surface area contributed by atoms with Gasteiger partial charge in [0.15, 0.2) is 6.10 Å². The maximum absolute atomic E-state index is 12.2. The van der Waals surface area contributed by atoms with Gasteiger partial charge < -0.3 is 19.5 Å². The van der Waals surface area contributed by atoms with Gasteiger partial charge in [-0.3, -0.25) is 4.79 Å². The number of rotatable bonds is 3. The summed E-state index contributed by atoms with van der Waals surface area (Å²) in [4.78, 5) is 36.0. The van der Waals surface area contributed by atoms with E-state index in [2.05, 4.69) is 4.74 Å². The zero-order chi connectivity index (χ0) is 14.0. The molecule has 2 heterocycles. The van der Waals surface area contributed by atoms with Crippen LogP contribution in [0.3, 0.4) is 0 Å². The second-order valence-electron chi connectivity index (χ2n) is 4.74. The molecule has 3 atom stereocenters. The molecule has 7 nitrogen and oxygen atoms in total. The Kier molecular flexibility index (Phi) is 4.04. The molecule has 0 saturated carbocycles. The minimum Gasteiger partial charge on any atom is -0.479 e. The van der Waals surface area contributed by atoms with E-state index in [0.29, 0.717) is 25.8 Å². The highest BCUT2D eigenvalue weighted by Crippen LogP contribution is 2.26. The topological polar surface area (TPSA) is 93.1 Å². The average Bonchev–Trinajstić information content (AvgIpc) is 3.05. The van der Waals surface area contributed by atoms with E-state index in [1.54, 1.807) is 0 Å². The molecule has 0 radical (unpaired) electrons. The van der Waals surface area contributed by atoms with Crippen LogP contribution in [0.1, 0.15) is 25.7 Å². The Morgan fingerprint density at radius 3 is 2.47 bits per heavy atom. The molecule has 0 aromatic carbocycles. The molecule has 2 rings (SSSR count). The van der Waals surface area contributed by atoms with Crippen molar-refractivity contribution in [3.8, 4) is 0 Å². The van der Waals surface area contributed by atoms with Gasteiger partial charge in [-0.15, -0.1) is 0 Å². The van der Waals surface area contributed by atoms with Gasteiger partial charge in [-0.2, -0.15) is 0 Å². The predicted octanol–water partition coefficient (Wildman–Crippen LogP) is -0.217. The van der Waals surface area contributed by atoms with Crippen molar-refractivity contribution in [2.24, 2.45) is 0 Å². The van der Waals surface area contributed by atoms with Crippen LogP contribution < -0.4 is 0 Å². The van der Waals surface area contributed by atoms with Crippen molar-refractivity contribution in [1.29, 1.82) is 0 Å². The largest absolute Gasteiger partial charge is 0.479 e.